The molecule has 1 aliphatic rings. The lowest BCUT2D eigenvalue weighted by molar-refractivity contribution is -0.126. The Bertz CT molecular complexity index is 1130. The van der Waals surface area contributed by atoms with Gasteiger partial charge in [-0.05, 0) is 51.1 Å². The van der Waals surface area contributed by atoms with Crippen LogP contribution in [-0.4, -0.2) is 37.4 Å². The number of benzene rings is 2. The third-order valence-corrected chi connectivity index (χ3v) is 6.24. The number of hydrogen-bond acceptors (Lipinski definition) is 5. The average molecular weight is 442 g/mol. The van der Waals surface area contributed by atoms with Crippen molar-refractivity contribution in [1.29, 1.82) is 0 Å². The molecule has 7 nitrogen and oxygen atoms in total. The molecular formula is C21H20ClN5O2S. The average Bonchev–Trinajstić information content (AvgIpc) is 3.16. The first-order valence-corrected chi connectivity index (χ1v) is 10.6. The molecule has 1 aliphatic heterocycles. The van der Waals surface area contributed by atoms with Crippen LogP contribution in [0.1, 0.15) is 20.8 Å². The van der Waals surface area contributed by atoms with Crippen LogP contribution in [0.3, 0.4) is 0 Å². The van der Waals surface area contributed by atoms with Crippen molar-refractivity contribution in [2.24, 2.45) is 0 Å². The lowest BCUT2D eigenvalue weighted by Gasteiger charge is -2.43. The zero-order valence-corrected chi connectivity index (χ0v) is 18.2. The summed E-state index contributed by atoms with van der Waals surface area (Å²) in [5.74, 6) is -0.415. The van der Waals surface area contributed by atoms with E-state index in [2.05, 4.69) is 15.5 Å². The summed E-state index contributed by atoms with van der Waals surface area (Å²) in [5.41, 5.74) is 1.07. The summed E-state index contributed by atoms with van der Waals surface area (Å²) in [5, 5.41) is 11.7. The second-order valence-corrected chi connectivity index (χ2v) is 9.17. The molecule has 0 radical (unpaired) electrons. The van der Waals surface area contributed by atoms with Gasteiger partial charge in [-0.25, -0.2) is 0 Å². The number of fused-ring (bicyclic) bond motifs is 1. The van der Waals surface area contributed by atoms with Gasteiger partial charge in [0.25, 0.3) is 0 Å². The highest BCUT2D eigenvalue weighted by Crippen LogP contribution is 2.38. The van der Waals surface area contributed by atoms with Crippen molar-refractivity contribution >= 4 is 46.6 Å². The van der Waals surface area contributed by atoms with Crippen molar-refractivity contribution in [3.63, 3.8) is 0 Å². The number of hydrogen-bond donors (Lipinski definition) is 1. The molecule has 0 saturated carbocycles. The van der Waals surface area contributed by atoms with E-state index in [0.717, 1.165) is 5.69 Å². The van der Waals surface area contributed by atoms with Gasteiger partial charge >= 0.3 is 0 Å². The van der Waals surface area contributed by atoms with Crippen LogP contribution in [0, 0.1) is 0 Å². The van der Waals surface area contributed by atoms with Crippen LogP contribution >= 0.6 is 23.4 Å². The van der Waals surface area contributed by atoms with Crippen molar-refractivity contribution in [1.82, 2.24) is 14.8 Å². The fourth-order valence-corrected chi connectivity index (χ4v) is 4.41. The number of halogens is 1. The maximum atomic E-state index is 13.5. The topological polar surface area (TPSA) is 80.1 Å². The highest BCUT2D eigenvalue weighted by Gasteiger charge is 2.44. The van der Waals surface area contributed by atoms with Crippen LogP contribution in [-0.2, 0) is 9.59 Å². The number of amides is 2. The number of nitrogens with one attached hydrogen (secondary N) is 1. The van der Waals surface area contributed by atoms with Gasteiger partial charge in [-0.2, -0.15) is 0 Å². The van der Waals surface area contributed by atoms with E-state index in [9.17, 15) is 9.59 Å². The van der Waals surface area contributed by atoms with E-state index in [0.29, 0.717) is 21.6 Å². The molecule has 0 saturated heterocycles. The second-order valence-electron chi connectivity index (χ2n) is 7.43. The number of carbonyl (C=O) groups is 2. The lowest BCUT2D eigenvalue weighted by atomic mass is 9.96. The Labute approximate surface area is 183 Å². The smallest absolute Gasteiger partial charge is 0.250 e. The largest absolute Gasteiger partial charge is 0.322 e. The maximum Gasteiger partial charge on any atom is 0.250 e. The molecule has 2 aromatic carbocycles. The van der Waals surface area contributed by atoms with Gasteiger partial charge in [-0.15, -0.1) is 10.2 Å². The zero-order valence-electron chi connectivity index (χ0n) is 16.7. The highest BCUT2D eigenvalue weighted by atomic mass is 35.5. The number of nitrogens with zero attached hydrogens (tertiary/aromatic N) is 4. The summed E-state index contributed by atoms with van der Waals surface area (Å²) in [4.78, 5) is 27.7. The Hall–Kier alpha value is -2.84. The molecule has 0 unspecified atom stereocenters. The molecule has 30 heavy (non-hydrogen) atoms. The van der Waals surface area contributed by atoms with Crippen LogP contribution < -0.4 is 10.2 Å². The van der Waals surface area contributed by atoms with Crippen molar-refractivity contribution in [3.05, 3.63) is 59.9 Å². The Morgan fingerprint density at radius 2 is 1.97 bits per heavy atom. The summed E-state index contributed by atoms with van der Waals surface area (Å²) in [6, 6.07) is 14.6. The molecule has 1 atom stereocenters. The van der Waals surface area contributed by atoms with E-state index in [-0.39, 0.29) is 11.8 Å². The normalized spacial score (nSPS) is 16.0. The number of carbonyl (C=O) groups excluding carboxylic acids is 2. The number of thioether (sulfide) groups is 1. The summed E-state index contributed by atoms with van der Waals surface area (Å²) in [6.07, 6.45) is 1.58. The van der Waals surface area contributed by atoms with Gasteiger partial charge < -0.3 is 5.32 Å². The summed E-state index contributed by atoms with van der Waals surface area (Å²) in [6.45, 7) is 5.28. The molecule has 2 amide bonds. The Kier molecular flexibility index (Phi) is 5.29. The molecule has 4 rings (SSSR count). The van der Waals surface area contributed by atoms with E-state index >= 15 is 0 Å². The summed E-state index contributed by atoms with van der Waals surface area (Å²) < 4.78 is 1.78. The quantitative estimate of drug-likeness (QED) is 0.615. The van der Waals surface area contributed by atoms with Crippen LogP contribution in [0.5, 0.6) is 0 Å². The van der Waals surface area contributed by atoms with E-state index in [1.807, 2.05) is 30.3 Å². The third-order valence-electron chi connectivity index (χ3n) is 4.96. The number of aromatic nitrogens is 3. The molecule has 0 aliphatic carbocycles. The van der Waals surface area contributed by atoms with Gasteiger partial charge in [-0.1, -0.05) is 41.6 Å². The van der Waals surface area contributed by atoms with Crippen LogP contribution in [0.25, 0.3) is 5.69 Å². The SMILES string of the molecule is C[C@@H](Sc1nncn1-c1cccc(Cl)c1)C(=O)N1c2ccccc2NC(=O)C1(C)C. The van der Waals surface area contributed by atoms with Gasteiger partial charge in [0.15, 0.2) is 5.16 Å². The number of anilines is 2. The van der Waals surface area contributed by atoms with Crippen molar-refractivity contribution < 1.29 is 9.59 Å². The number of para-hydroxylation sites is 2. The van der Waals surface area contributed by atoms with Gasteiger partial charge in [0.2, 0.25) is 11.8 Å². The highest BCUT2D eigenvalue weighted by molar-refractivity contribution is 8.00. The standard InChI is InChI=1S/C21H20ClN5O2S/c1-13(30-20-25-23-12-26(20)15-8-6-7-14(22)11-15)18(28)27-17-10-5-4-9-16(17)24-19(29)21(27,2)3/h4-13H,1-3H3,(H,24,29)/t13-/m1/s1. The van der Waals surface area contributed by atoms with Crippen molar-refractivity contribution in [2.45, 2.75) is 36.7 Å². The van der Waals surface area contributed by atoms with E-state index in [1.165, 1.54) is 11.8 Å². The van der Waals surface area contributed by atoms with E-state index < -0.39 is 10.8 Å². The maximum absolute atomic E-state index is 13.5. The monoisotopic (exact) mass is 441 g/mol. The van der Waals surface area contributed by atoms with Gasteiger partial charge in [0.1, 0.15) is 11.9 Å². The van der Waals surface area contributed by atoms with E-state index in [1.54, 1.807) is 54.8 Å². The minimum Gasteiger partial charge on any atom is -0.322 e. The molecule has 9 heteroatoms. The van der Waals surface area contributed by atoms with Crippen molar-refractivity contribution in [2.75, 3.05) is 10.2 Å². The fraction of sp³-hybridized carbons (Fsp3) is 0.238. The third kappa shape index (κ3) is 3.57. The molecule has 2 heterocycles. The first-order valence-electron chi connectivity index (χ1n) is 9.36. The molecule has 0 bridgehead atoms. The Morgan fingerprint density at radius 3 is 2.73 bits per heavy atom. The molecule has 1 aromatic heterocycles. The first kappa shape index (κ1) is 20.4. The first-order chi connectivity index (χ1) is 14.3. The molecule has 154 valence electrons. The van der Waals surface area contributed by atoms with Crippen molar-refractivity contribution in [3.8, 4) is 5.69 Å². The molecule has 1 N–H and O–H groups in total. The summed E-state index contributed by atoms with van der Waals surface area (Å²) in [7, 11) is 0. The van der Waals surface area contributed by atoms with Crippen LogP contribution in [0.15, 0.2) is 60.0 Å². The van der Waals surface area contributed by atoms with Gasteiger partial charge in [0.05, 0.1) is 22.3 Å². The molecule has 3 aromatic rings. The molecule has 0 spiro atoms. The predicted molar refractivity (Wildman–Crippen MR) is 118 cm³/mol. The predicted octanol–water partition coefficient (Wildman–Crippen LogP) is 4.17. The van der Waals surface area contributed by atoms with Crippen LogP contribution in [0.2, 0.25) is 5.02 Å². The minimum absolute atomic E-state index is 0.187. The second kappa shape index (κ2) is 7.77. The Morgan fingerprint density at radius 1 is 1.20 bits per heavy atom. The molecule has 0 fully saturated rings. The Balaban J connectivity index is 1.64. The van der Waals surface area contributed by atoms with Crippen LogP contribution in [0.4, 0.5) is 11.4 Å². The number of rotatable bonds is 4. The summed E-state index contributed by atoms with van der Waals surface area (Å²) >= 11 is 7.38. The van der Waals surface area contributed by atoms with E-state index in [4.69, 9.17) is 11.6 Å². The van der Waals surface area contributed by atoms with Gasteiger partial charge in [-0.3, -0.25) is 19.1 Å². The minimum atomic E-state index is -1.03. The van der Waals surface area contributed by atoms with Gasteiger partial charge in [0, 0.05) is 5.02 Å². The molecular weight excluding hydrogens is 422 g/mol. The zero-order chi connectivity index (χ0) is 21.5. The fourth-order valence-electron chi connectivity index (χ4n) is 3.34. The lowest BCUT2D eigenvalue weighted by Crippen LogP contribution is -2.60.